The minimum atomic E-state index is 1.01. The van der Waals surface area contributed by atoms with Crippen LogP contribution < -0.4 is 0 Å². The second-order valence-corrected chi connectivity index (χ2v) is 18.8. The van der Waals surface area contributed by atoms with E-state index >= 15 is 0 Å². The summed E-state index contributed by atoms with van der Waals surface area (Å²) in [5.41, 5.74) is 0. The lowest BCUT2D eigenvalue weighted by Crippen LogP contribution is -2.59. The molecule has 0 aromatic heterocycles. The molecule has 0 aromatic rings. The van der Waals surface area contributed by atoms with Gasteiger partial charge in [-0.15, -0.1) is 0 Å². The molecule has 0 heterocycles. The summed E-state index contributed by atoms with van der Waals surface area (Å²) in [7, 11) is 0. The zero-order valence-electron chi connectivity index (χ0n) is 28.2. The van der Waals surface area contributed by atoms with E-state index in [9.17, 15) is 0 Å². The molecule has 0 radical (unpaired) electrons. The molecule has 8 saturated carbocycles. The number of rotatable bonds is 3. The monoisotopic (exact) mass is 575 g/mol. The van der Waals surface area contributed by atoms with Gasteiger partial charge in [0.15, 0.2) is 0 Å². The van der Waals surface area contributed by atoms with Crippen molar-refractivity contribution in [1.82, 2.24) is 0 Å². The zero-order chi connectivity index (χ0) is 28.2. The van der Waals surface area contributed by atoms with Crippen molar-refractivity contribution >= 4 is 0 Å². The summed E-state index contributed by atoms with van der Waals surface area (Å²) >= 11 is 0. The predicted molar refractivity (Wildman–Crippen MR) is 178 cm³/mol. The van der Waals surface area contributed by atoms with Crippen molar-refractivity contribution in [2.75, 3.05) is 0 Å². The van der Waals surface area contributed by atoms with Gasteiger partial charge in [-0.25, -0.2) is 0 Å². The van der Waals surface area contributed by atoms with Crippen LogP contribution >= 0.6 is 0 Å². The molecule has 8 fully saturated rings. The minimum absolute atomic E-state index is 1.01. The molecule has 0 nitrogen and oxygen atoms in total. The number of hydrogen-bond donors (Lipinski definition) is 0. The van der Waals surface area contributed by atoms with Crippen molar-refractivity contribution in [1.29, 1.82) is 0 Å². The van der Waals surface area contributed by atoms with Crippen LogP contribution in [0.3, 0.4) is 0 Å². The summed E-state index contributed by atoms with van der Waals surface area (Å²) in [4.78, 5) is 0. The Balaban J connectivity index is 1.16. The molecule has 42 heavy (non-hydrogen) atoms. The molecular weight excluding hydrogens is 504 g/mol. The van der Waals surface area contributed by atoms with Crippen molar-refractivity contribution in [2.45, 2.75) is 168 Å². The third-order valence-corrected chi connectivity index (χ3v) is 17.1. The summed E-state index contributed by atoms with van der Waals surface area (Å²) < 4.78 is 0. The Kier molecular flexibility index (Phi) is 8.86. The van der Waals surface area contributed by atoms with Crippen molar-refractivity contribution in [3.63, 3.8) is 0 Å². The van der Waals surface area contributed by atoms with Crippen molar-refractivity contribution < 1.29 is 0 Å². The fraction of sp³-hybridized carbons (Fsp3) is 1.00. The van der Waals surface area contributed by atoms with Crippen molar-refractivity contribution in [3.8, 4) is 0 Å². The molecule has 0 saturated heterocycles. The largest absolute Gasteiger partial charge is 0.0625 e. The van der Waals surface area contributed by atoms with Gasteiger partial charge in [-0.05, 0) is 172 Å². The van der Waals surface area contributed by atoms with E-state index in [4.69, 9.17) is 0 Å². The Bertz CT molecular complexity index is 752. The van der Waals surface area contributed by atoms with E-state index in [1.54, 1.807) is 154 Å². The van der Waals surface area contributed by atoms with E-state index in [1.165, 1.54) is 0 Å². The van der Waals surface area contributed by atoms with Crippen LogP contribution in [0.1, 0.15) is 168 Å². The van der Waals surface area contributed by atoms with E-state index in [0.29, 0.717) is 0 Å². The lowest BCUT2D eigenvalue weighted by Gasteiger charge is -2.66. The van der Waals surface area contributed by atoms with Gasteiger partial charge in [0, 0.05) is 0 Å². The number of hydrogen-bond acceptors (Lipinski definition) is 0. The standard InChI is InChI=1S/C42H70/c1-27-19-23-29(24-20-27)39-31-11-3-7-15-35(31)41(36-16-8-4-12-32(36)39)42-37-17-9-5-13-33(37)40(30-25-21-28(2)22-26-30)34-14-6-10-18-38(34)42/h27-42H,3-26H2,1-2H3. The summed E-state index contributed by atoms with van der Waals surface area (Å²) in [5.74, 6) is 17.8. The lowest BCUT2D eigenvalue weighted by atomic mass is 9.39. The van der Waals surface area contributed by atoms with E-state index < -0.39 is 0 Å². The first-order chi connectivity index (χ1) is 20.7. The van der Waals surface area contributed by atoms with E-state index in [-0.39, 0.29) is 0 Å². The Hall–Kier alpha value is 0. The van der Waals surface area contributed by atoms with Gasteiger partial charge in [0.2, 0.25) is 0 Å². The molecule has 8 unspecified atom stereocenters. The molecule has 0 N–H and O–H groups in total. The maximum Gasteiger partial charge on any atom is -0.0318 e. The average Bonchev–Trinajstić information content (AvgIpc) is 3.04. The predicted octanol–water partition coefficient (Wildman–Crippen LogP) is 12.4. The van der Waals surface area contributed by atoms with Gasteiger partial charge < -0.3 is 0 Å². The zero-order valence-corrected chi connectivity index (χ0v) is 28.2. The smallest absolute Gasteiger partial charge is 0.0318 e. The quantitative estimate of drug-likeness (QED) is 0.314. The topological polar surface area (TPSA) is 0 Å². The molecule has 0 aliphatic heterocycles. The Morgan fingerprint density at radius 3 is 0.690 bits per heavy atom. The van der Waals surface area contributed by atoms with Crippen LogP contribution in [0, 0.1) is 94.7 Å². The molecule has 8 atom stereocenters. The van der Waals surface area contributed by atoms with Gasteiger partial charge in [0.05, 0.1) is 0 Å². The van der Waals surface area contributed by atoms with Gasteiger partial charge in [-0.1, -0.05) is 90.9 Å². The van der Waals surface area contributed by atoms with Crippen molar-refractivity contribution in [3.05, 3.63) is 0 Å². The summed E-state index contributed by atoms with van der Waals surface area (Å²) in [6.07, 6.45) is 38.4. The summed E-state index contributed by atoms with van der Waals surface area (Å²) in [6.45, 7) is 5.12. The molecule has 0 amide bonds. The molecule has 238 valence electrons. The van der Waals surface area contributed by atoms with Crippen molar-refractivity contribution in [2.24, 2.45) is 94.7 Å². The lowest BCUT2D eigenvalue weighted by molar-refractivity contribution is -0.173. The van der Waals surface area contributed by atoms with Crippen LogP contribution in [-0.4, -0.2) is 0 Å². The highest BCUT2D eigenvalue weighted by Gasteiger charge is 2.61. The SMILES string of the molecule is CC1CCC(C2C3CCCCC3C(C3C4CCCCC4C(C4CCC(C)CC4)C4CCCCC43)C3CCCCC32)CC1. The van der Waals surface area contributed by atoms with E-state index in [2.05, 4.69) is 13.8 Å². The molecule has 0 spiro atoms. The van der Waals surface area contributed by atoms with Crippen LogP contribution in [-0.2, 0) is 0 Å². The third kappa shape index (κ3) is 5.22. The maximum absolute atomic E-state index is 2.56. The highest BCUT2D eigenvalue weighted by molar-refractivity contribution is 5.09. The molecule has 8 aliphatic carbocycles. The third-order valence-electron chi connectivity index (χ3n) is 17.1. The molecule has 0 aromatic carbocycles. The van der Waals surface area contributed by atoms with Crippen LogP contribution in [0.2, 0.25) is 0 Å². The van der Waals surface area contributed by atoms with Crippen LogP contribution in [0.25, 0.3) is 0 Å². The fourth-order valence-corrected chi connectivity index (χ4v) is 15.7. The second kappa shape index (κ2) is 12.7. The highest BCUT2D eigenvalue weighted by Crippen LogP contribution is 2.68. The first-order valence-electron chi connectivity index (χ1n) is 20.7. The van der Waals surface area contributed by atoms with Crippen LogP contribution in [0.15, 0.2) is 0 Å². The average molecular weight is 575 g/mol. The molecule has 0 heteroatoms. The fourth-order valence-electron chi connectivity index (χ4n) is 15.7. The minimum Gasteiger partial charge on any atom is -0.0625 e. The highest BCUT2D eigenvalue weighted by atomic mass is 14.7. The van der Waals surface area contributed by atoms with Gasteiger partial charge in [-0.2, -0.15) is 0 Å². The maximum atomic E-state index is 2.56. The summed E-state index contributed by atoms with van der Waals surface area (Å²) in [6, 6.07) is 0. The van der Waals surface area contributed by atoms with Gasteiger partial charge in [-0.3, -0.25) is 0 Å². The van der Waals surface area contributed by atoms with Crippen LogP contribution in [0.5, 0.6) is 0 Å². The first kappa shape index (κ1) is 29.4. The van der Waals surface area contributed by atoms with Gasteiger partial charge in [0.25, 0.3) is 0 Å². The Morgan fingerprint density at radius 2 is 0.452 bits per heavy atom. The van der Waals surface area contributed by atoms with E-state index in [0.717, 1.165) is 94.7 Å². The molecule has 0 bridgehead atoms. The number of fused-ring (bicyclic) bond motifs is 4. The summed E-state index contributed by atoms with van der Waals surface area (Å²) in [5, 5.41) is 0. The first-order valence-corrected chi connectivity index (χ1v) is 20.7. The van der Waals surface area contributed by atoms with Gasteiger partial charge >= 0.3 is 0 Å². The molecule has 8 aliphatic rings. The van der Waals surface area contributed by atoms with Crippen LogP contribution in [0.4, 0.5) is 0 Å². The van der Waals surface area contributed by atoms with Gasteiger partial charge in [0.1, 0.15) is 0 Å². The van der Waals surface area contributed by atoms with E-state index in [1.807, 2.05) is 0 Å². The Morgan fingerprint density at radius 1 is 0.238 bits per heavy atom. The normalized spacial score (nSPS) is 55.0. The second-order valence-electron chi connectivity index (χ2n) is 18.8. The molecular formula is C42H70. The Labute approximate surface area is 262 Å². The molecule has 8 rings (SSSR count).